The molecule has 0 amide bonds. The summed E-state index contributed by atoms with van der Waals surface area (Å²) in [6, 6.07) is 0. The smallest absolute Gasteiger partial charge is 0.111 e. The van der Waals surface area contributed by atoms with E-state index in [1.807, 2.05) is 6.26 Å². The van der Waals surface area contributed by atoms with Crippen molar-refractivity contribution in [3.05, 3.63) is 11.8 Å². The third kappa shape index (κ3) is 0.764. The Labute approximate surface area is 63.1 Å². The van der Waals surface area contributed by atoms with Gasteiger partial charge < -0.3 is 4.74 Å². The van der Waals surface area contributed by atoms with Gasteiger partial charge in [0, 0.05) is 5.41 Å². The first-order chi connectivity index (χ1) is 4.38. The molecule has 10 heavy (non-hydrogen) atoms. The molecule has 0 saturated heterocycles. The largest absolute Gasteiger partial charge is 0.495 e. The van der Waals surface area contributed by atoms with Crippen molar-refractivity contribution in [2.75, 3.05) is 0 Å². The minimum absolute atomic E-state index is 0.0307. The number of hydrogen-bond acceptors (Lipinski definition) is 1. The van der Waals surface area contributed by atoms with Crippen molar-refractivity contribution in [1.29, 1.82) is 0 Å². The maximum atomic E-state index is 5.51. The molecule has 0 fully saturated rings. The van der Waals surface area contributed by atoms with Crippen LogP contribution in [0.1, 0.15) is 34.6 Å². The molecule has 0 N–H and O–H groups in total. The van der Waals surface area contributed by atoms with Gasteiger partial charge in [0.15, 0.2) is 0 Å². The lowest BCUT2D eigenvalue weighted by Crippen LogP contribution is -2.36. The van der Waals surface area contributed by atoms with Gasteiger partial charge in [-0.05, 0) is 26.3 Å². The monoisotopic (exact) mass is 140 g/mol. The highest BCUT2D eigenvalue weighted by Crippen LogP contribution is 2.45. The van der Waals surface area contributed by atoms with E-state index in [2.05, 4.69) is 34.6 Å². The van der Waals surface area contributed by atoms with Gasteiger partial charge in [0.05, 0.1) is 6.26 Å². The van der Waals surface area contributed by atoms with Crippen molar-refractivity contribution in [2.45, 2.75) is 40.2 Å². The Morgan fingerprint density at radius 3 is 1.80 bits per heavy atom. The van der Waals surface area contributed by atoms with E-state index in [4.69, 9.17) is 4.74 Å². The molecule has 1 rings (SSSR count). The summed E-state index contributed by atoms with van der Waals surface area (Å²) in [6.07, 6.45) is 1.88. The predicted octanol–water partition coefficient (Wildman–Crippen LogP) is 2.73. The van der Waals surface area contributed by atoms with Gasteiger partial charge in [0.1, 0.15) is 5.60 Å². The lowest BCUT2D eigenvalue weighted by molar-refractivity contribution is 0.00511. The molecule has 0 aromatic carbocycles. The summed E-state index contributed by atoms with van der Waals surface area (Å²) in [4.78, 5) is 0. The Kier molecular flexibility index (Phi) is 1.36. The van der Waals surface area contributed by atoms with E-state index in [1.165, 1.54) is 5.57 Å². The van der Waals surface area contributed by atoms with Crippen LogP contribution in [0.3, 0.4) is 0 Å². The number of rotatable bonds is 0. The van der Waals surface area contributed by atoms with Crippen molar-refractivity contribution in [3.8, 4) is 0 Å². The lowest BCUT2D eigenvalue weighted by Gasteiger charge is -2.34. The SMILES string of the molecule is CC1=COC(C)(C)C1(C)C. The van der Waals surface area contributed by atoms with Crippen LogP contribution in [0.15, 0.2) is 11.8 Å². The molecule has 0 aliphatic carbocycles. The second-order valence-corrected chi connectivity index (χ2v) is 4.05. The van der Waals surface area contributed by atoms with Crippen LogP contribution in [-0.4, -0.2) is 5.60 Å². The third-order valence-electron chi connectivity index (χ3n) is 3.02. The highest BCUT2D eigenvalue weighted by molar-refractivity contribution is 5.18. The third-order valence-corrected chi connectivity index (χ3v) is 3.02. The molecule has 0 unspecified atom stereocenters. The number of hydrogen-bond donors (Lipinski definition) is 0. The van der Waals surface area contributed by atoms with Gasteiger partial charge in [-0.3, -0.25) is 0 Å². The topological polar surface area (TPSA) is 9.23 Å². The van der Waals surface area contributed by atoms with Gasteiger partial charge in [-0.15, -0.1) is 0 Å². The van der Waals surface area contributed by atoms with Crippen LogP contribution < -0.4 is 0 Å². The molecule has 1 nitrogen and oxygen atoms in total. The Hall–Kier alpha value is -0.460. The van der Waals surface area contributed by atoms with E-state index < -0.39 is 0 Å². The van der Waals surface area contributed by atoms with Crippen molar-refractivity contribution in [1.82, 2.24) is 0 Å². The molecule has 0 spiro atoms. The molecule has 1 aliphatic rings. The Bertz CT molecular complexity index is 175. The summed E-state index contributed by atoms with van der Waals surface area (Å²) in [5.41, 5.74) is 1.49. The molecule has 0 radical (unpaired) electrons. The second-order valence-electron chi connectivity index (χ2n) is 4.05. The van der Waals surface area contributed by atoms with Gasteiger partial charge in [0.25, 0.3) is 0 Å². The highest BCUT2D eigenvalue weighted by atomic mass is 16.5. The molecule has 1 heterocycles. The average Bonchev–Trinajstić information content (AvgIpc) is 1.94. The summed E-state index contributed by atoms with van der Waals surface area (Å²) < 4.78 is 5.51. The average molecular weight is 140 g/mol. The van der Waals surface area contributed by atoms with Gasteiger partial charge in [-0.25, -0.2) is 0 Å². The lowest BCUT2D eigenvalue weighted by atomic mass is 9.74. The van der Waals surface area contributed by atoms with Crippen LogP contribution >= 0.6 is 0 Å². The predicted molar refractivity (Wildman–Crippen MR) is 42.7 cm³/mol. The summed E-state index contributed by atoms with van der Waals surface area (Å²) >= 11 is 0. The normalized spacial score (nSPS) is 27.5. The second kappa shape index (κ2) is 1.77. The van der Waals surface area contributed by atoms with Crippen LogP contribution in [-0.2, 0) is 4.74 Å². The molecule has 1 aliphatic heterocycles. The first-order valence-corrected chi connectivity index (χ1v) is 3.73. The molecule has 0 saturated carbocycles. The molecular weight excluding hydrogens is 124 g/mol. The Balaban J connectivity index is 2.96. The van der Waals surface area contributed by atoms with Gasteiger partial charge in [-0.1, -0.05) is 13.8 Å². The fourth-order valence-corrected chi connectivity index (χ4v) is 1.01. The van der Waals surface area contributed by atoms with Crippen LogP contribution in [0.5, 0.6) is 0 Å². The quantitative estimate of drug-likeness (QED) is 0.502. The van der Waals surface area contributed by atoms with Crippen LogP contribution in [0, 0.1) is 5.41 Å². The van der Waals surface area contributed by atoms with E-state index in [-0.39, 0.29) is 11.0 Å². The summed E-state index contributed by atoms with van der Waals surface area (Å²) in [7, 11) is 0. The molecular formula is C9H16O. The molecule has 1 heteroatoms. The Morgan fingerprint density at radius 1 is 1.20 bits per heavy atom. The van der Waals surface area contributed by atoms with Crippen molar-refractivity contribution in [3.63, 3.8) is 0 Å². The summed E-state index contributed by atoms with van der Waals surface area (Å²) in [5.74, 6) is 0. The molecule has 0 atom stereocenters. The van der Waals surface area contributed by atoms with E-state index >= 15 is 0 Å². The van der Waals surface area contributed by atoms with Crippen LogP contribution in [0.4, 0.5) is 0 Å². The van der Waals surface area contributed by atoms with Crippen molar-refractivity contribution < 1.29 is 4.74 Å². The van der Waals surface area contributed by atoms with Crippen molar-refractivity contribution in [2.24, 2.45) is 5.41 Å². The van der Waals surface area contributed by atoms with Crippen molar-refractivity contribution >= 4 is 0 Å². The molecule has 58 valence electrons. The van der Waals surface area contributed by atoms with E-state index in [0.717, 1.165) is 0 Å². The summed E-state index contributed by atoms with van der Waals surface area (Å²) in [6.45, 7) is 10.8. The maximum Gasteiger partial charge on any atom is 0.111 e. The molecule has 0 aromatic heterocycles. The van der Waals surface area contributed by atoms with Crippen LogP contribution in [0.2, 0.25) is 0 Å². The Morgan fingerprint density at radius 2 is 1.70 bits per heavy atom. The fourth-order valence-electron chi connectivity index (χ4n) is 1.01. The molecule has 0 bridgehead atoms. The zero-order valence-corrected chi connectivity index (χ0v) is 7.49. The minimum Gasteiger partial charge on any atom is -0.495 e. The van der Waals surface area contributed by atoms with Gasteiger partial charge in [-0.2, -0.15) is 0 Å². The van der Waals surface area contributed by atoms with Crippen LogP contribution in [0.25, 0.3) is 0 Å². The first kappa shape index (κ1) is 7.64. The standard InChI is InChI=1S/C9H16O/c1-7-6-10-9(4,5)8(7,2)3/h6H,1-5H3. The zero-order valence-electron chi connectivity index (χ0n) is 7.49. The van der Waals surface area contributed by atoms with Gasteiger partial charge in [0.2, 0.25) is 0 Å². The highest BCUT2D eigenvalue weighted by Gasteiger charge is 2.43. The minimum atomic E-state index is -0.0307. The van der Waals surface area contributed by atoms with E-state index in [0.29, 0.717) is 0 Å². The number of ether oxygens (including phenoxy) is 1. The fraction of sp³-hybridized carbons (Fsp3) is 0.778. The van der Waals surface area contributed by atoms with Gasteiger partial charge >= 0.3 is 0 Å². The zero-order chi connectivity index (χ0) is 7.99. The first-order valence-electron chi connectivity index (χ1n) is 3.73. The van der Waals surface area contributed by atoms with E-state index in [9.17, 15) is 0 Å². The molecule has 0 aromatic rings. The summed E-state index contributed by atoms with van der Waals surface area (Å²) in [5, 5.41) is 0. The van der Waals surface area contributed by atoms with E-state index in [1.54, 1.807) is 0 Å². The maximum absolute atomic E-state index is 5.51.